The van der Waals surface area contributed by atoms with E-state index in [0.29, 0.717) is 28.0 Å². The average molecular weight is 300 g/mol. The normalized spacial score (nSPS) is 10.5. The third-order valence-corrected chi connectivity index (χ3v) is 3.26. The lowest BCUT2D eigenvalue weighted by molar-refractivity contribution is 0.687. The van der Waals surface area contributed by atoms with Crippen LogP contribution in [0.25, 0.3) is 11.4 Å². The second-order valence-electron chi connectivity index (χ2n) is 3.67. The van der Waals surface area contributed by atoms with Crippen molar-refractivity contribution in [1.29, 1.82) is 0 Å². The summed E-state index contributed by atoms with van der Waals surface area (Å²) in [5.74, 6) is 5.72. The lowest BCUT2D eigenvalue weighted by Crippen LogP contribution is -2.27. The maximum atomic E-state index is 11.8. The van der Waals surface area contributed by atoms with Crippen LogP contribution in [-0.4, -0.2) is 14.5 Å². The number of halogens is 2. The van der Waals surface area contributed by atoms with Crippen molar-refractivity contribution in [2.75, 3.05) is 5.43 Å². The van der Waals surface area contributed by atoms with Crippen LogP contribution >= 0.6 is 23.2 Å². The predicted octanol–water partition coefficient (Wildman–Crippen LogP) is 1.92. The Morgan fingerprint density at radius 2 is 2.05 bits per heavy atom. The van der Waals surface area contributed by atoms with Gasteiger partial charge in [0.2, 0.25) is 5.95 Å². The molecule has 1 heterocycles. The van der Waals surface area contributed by atoms with Gasteiger partial charge in [-0.25, -0.2) is 10.6 Å². The van der Waals surface area contributed by atoms with Crippen LogP contribution in [-0.2, 0) is 6.54 Å². The van der Waals surface area contributed by atoms with Crippen LogP contribution in [0.15, 0.2) is 23.0 Å². The van der Waals surface area contributed by atoms with E-state index in [-0.39, 0.29) is 5.95 Å². The van der Waals surface area contributed by atoms with Crippen molar-refractivity contribution in [2.45, 2.75) is 13.5 Å². The first-order chi connectivity index (χ1) is 9.06. The molecule has 1 aromatic carbocycles. The number of benzene rings is 1. The number of aromatic nitrogens is 3. The largest absolute Gasteiger partial charge is 0.352 e. The Balaban J connectivity index is 2.68. The van der Waals surface area contributed by atoms with Crippen LogP contribution in [0.4, 0.5) is 5.95 Å². The third-order valence-electron chi connectivity index (χ3n) is 2.52. The maximum absolute atomic E-state index is 11.8. The number of nitrogens with zero attached hydrogens (tertiary/aromatic N) is 3. The maximum Gasteiger partial charge on any atom is 0.352 e. The molecule has 0 aliphatic rings. The van der Waals surface area contributed by atoms with E-state index in [9.17, 15) is 4.79 Å². The van der Waals surface area contributed by atoms with E-state index in [2.05, 4.69) is 15.4 Å². The minimum absolute atomic E-state index is 0.0516. The molecule has 0 aliphatic carbocycles. The van der Waals surface area contributed by atoms with E-state index in [0.717, 1.165) is 0 Å². The minimum atomic E-state index is -0.438. The lowest BCUT2D eigenvalue weighted by Gasteiger charge is -2.11. The zero-order chi connectivity index (χ0) is 14.0. The molecular formula is C11H11Cl2N5O. The number of nitrogens with two attached hydrogens (primary N) is 1. The molecule has 100 valence electrons. The summed E-state index contributed by atoms with van der Waals surface area (Å²) in [6.45, 7) is 2.25. The van der Waals surface area contributed by atoms with Crippen LogP contribution in [0, 0.1) is 0 Å². The Bertz CT molecular complexity index is 671. The Morgan fingerprint density at radius 1 is 1.32 bits per heavy atom. The molecule has 1 aromatic heterocycles. The highest BCUT2D eigenvalue weighted by Crippen LogP contribution is 2.27. The Labute approximate surface area is 119 Å². The van der Waals surface area contributed by atoms with E-state index >= 15 is 0 Å². The highest BCUT2D eigenvalue weighted by molar-refractivity contribution is 6.42. The summed E-state index contributed by atoms with van der Waals surface area (Å²) in [4.78, 5) is 19.7. The SMILES string of the molecule is CCn1c(-c2ccc(Cl)c(Cl)c2)nc(NN)nc1=O. The highest BCUT2D eigenvalue weighted by atomic mass is 35.5. The van der Waals surface area contributed by atoms with Gasteiger partial charge in [-0.3, -0.25) is 9.99 Å². The summed E-state index contributed by atoms with van der Waals surface area (Å²) < 4.78 is 1.42. The topological polar surface area (TPSA) is 85.8 Å². The van der Waals surface area contributed by atoms with Crippen molar-refractivity contribution in [3.05, 3.63) is 38.7 Å². The van der Waals surface area contributed by atoms with Gasteiger partial charge < -0.3 is 0 Å². The molecule has 6 nitrogen and oxygen atoms in total. The monoisotopic (exact) mass is 299 g/mol. The van der Waals surface area contributed by atoms with Gasteiger partial charge in [-0.2, -0.15) is 9.97 Å². The van der Waals surface area contributed by atoms with Gasteiger partial charge in [0, 0.05) is 12.1 Å². The van der Waals surface area contributed by atoms with Gasteiger partial charge in [0.15, 0.2) is 0 Å². The first-order valence-electron chi connectivity index (χ1n) is 5.47. The number of anilines is 1. The molecule has 8 heteroatoms. The fourth-order valence-electron chi connectivity index (χ4n) is 1.63. The van der Waals surface area contributed by atoms with E-state index in [1.807, 2.05) is 6.92 Å². The summed E-state index contributed by atoms with van der Waals surface area (Å²) in [6.07, 6.45) is 0. The number of hydrogen-bond donors (Lipinski definition) is 2. The number of rotatable bonds is 3. The molecule has 0 saturated carbocycles. The zero-order valence-electron chi connectivity index (χ0n) is 10.0. The van der Waals surface area contributed by atoms with Gasteiger partial charge in [-0.15, -0.1) is 0 Å². The van der Waals surface area contributed by atoms with Crippen molar-refractivity contribution in [3.8, 4) is 11.4 Å². The summed E-state index contributed by atoms with van der Waals surface area (Å²) in [5.41, 5.74) is 2.48. The molecule has 19 heavy (non-hydrogen) atoms. The summed E-state index contributed by atoms with van der Waals surface area (Å²) in [5, 5.41) is 0.817. The van der Waals surface area contributed by atoms with E-state index < -0.39 is 5.69 Å². The van der Waals surface area contributed by atoms with Gasteiger partial charge in [-0.1, -0.05) is 23.2 Å². The highest BCUT2D eigenvalue weighted by Gasteiger charge is 2.12. The molecule has 0 bridgehead atoms. The van der Waals surface area contributed by atoms with Crippen molar-refractivity contribution < 1.29 is 0 Å². The second kappa shape index (κ2) is 5.56. The Kier molecular flexibility index (Phi) is 4.04. The Hall–Kier alpha value is -1.63. The lowest BCUT2D eigenvalue weighted by atomic mass is 10.2. The quantitative estimate of drug-likeness (QED) is 0.668. The van der Waals surface area contributed by atoms with Crippen molar-refractivity contribution in [3.63, 3.8) is 0 Å². The molecule has 3 N–H and O–H groups in total. The minimum Gasteiger partial charge on any atom is -0.292 e. The van der Waals surface area contributed by atoms with Crippen LogP contribution in [0.3, 0.4) is 0 Å². The molecule has 0 unspecified atom stereocenters. The third kappa shape index (κ3) is 2.70. The zero-order valence-corrected chi connectivity index (χ0v) is 11.5. The fourth-order valence-corrected chi connectivity index (χ4v) is 1.93. The number of nitrogens with one attached hydrogen (secondary N) is 1. The van der Waals surface area contributed by atoms with Crippen LogP contribution in [0.5, 0.6) is 0 Å². The smallest absolute Gasteiger partial charge is 0.292 e. The van der Waals surface area contributed by atoms with Crippen LogP contribution < -0.4 is 17.0 Å². The van der Waals surface area contributed by atoms with E-state index in [4.69, 9.17) is 29.0 Å². The Morgan fingerprint density at radius 3 is 2.63 bits per heavy atom. The molecule has 2 rings (SSSR count). The molecule has 0 spiro atoms. The van der Waals surface area contributed by atoms with Gasteiger partial charge >= 0.3 is 5.69 Å². The number of hydrogen-bond acceptors (Lipinski definition) is 5. The molecule has 0 saturated heterocycles. The van der Waals surface area contributed by atoms with Crippen molar-refractivity contribution in [1.82, 2.24) is 14.5 Å². The molecule has 2 aromatic rings. The first kappa shape index (κ1) is 13.8. The molecular weight excluding hydrogens is 289 g/mol. The molecule has 0 amide bonds. The molecule has 0 radical (unpaired) electrons. The number of nitrogen functional groups attached to an aromatic ring is 1. The van der Waals surface area contributed by atoms with Gasteiger partial charge in [0.05, 0.1) is 10.0 Å². The van der Waals surface area contributed by atoms with Gasteiger partial charge in [0.1, 0.15) is 5.82 Å². The van der Waals surface area contributed by atoms with Crippen LogP contribution in [0.2, 0.25) is 10.0 Å². The summed E-state index contributed by atoms with van der Waals surface area (Å²) >= 11 is 11.8. The molecule has 0 fully saturated rings. The van der Waals surface area contributed by atoms with Gasteiger partial charge in [-0.05, 0) is 25.1 Å². The van der Waals surface area contributed by atoms with E-state index in [1.54, 1.807) is 18.2 Å². The first-order valence-corrected chi connectivity index (χ1v) is 6.23. The second-order valence-corrected chi connectivity index (χ2v) is 4.49. The molecule has 0 aliphatic heterocycles. The average Bonchev–Trinajstić information content (AvgIpc) is 2.41. The van der Waals surface area contributed by atoms with Crippen molar-refractivity contribution >= 4 is 29.2 Å². The predicted molar refractivity (Wildman–Crippen MR) is 75.2 cm³/mol. The van der Waals surface area contributed by atoms with Crippen LogP contribution in [0.1, 0.15) is 6.92 Å². The number of hydrazine groups is 1. The fraction of sp³-hybridized carbons (Fsp3) is 0.182. The molecule has 0 atom stereocenters. The van der Waals surface area contributed by atoms with Crippen molar-refractivity contribution in [2.24, 2.45) is 5.84 Å². The van der Waals surface area contributed by atoms with E-state index in [1.165, 1.54) is 4.57 Å². The summed E-state index contributed by atoms with van der Waals surface area (Å²) in [6, 6.07) is 5.00. The van der Waals surface area contributed by atoms with Gasteiger partial charge in [0.25, 0.3) is 0 Å². The summed E-state index contributed by atoms with van der Waals surface area (Å²) in [7, 11) is 0. The standard InChI is InChI=1S/C11H11Cl2N5O/c1-2-18-9(15-10(17-14)16-11(18)19)6-3-4-7(12)8(13)5-6/h3-5H,2,14H2,1H3,(H,16,17,19).